The summed E-state index contributed by atoms with van der Waals surface area (Å²) in [6.45, 7) is 0.488. The summed E-state index contributed by atoms with van der Waals surface area (Å²) in [6, 6.07) is 5.48. The molecular weight excluding hydrogens is 273 g/mol. The Morgan fingerprint density at radius 2 is 2.14 bits per heavy atom. The third kappa shape index (κ3) is 4.18. The molecule has 3 N–H and O–H groups in total. The average molecular weight is 293 g/mol. The lowest BCUT2D eigenvalue weighted by atomic mass is 10.0. The number of halogens is 1. The van der Waals surface area contributed by atoms with Crippen LogP contribution in [0.25, 0.3) is 0 Å². The summed E-state index contributed by atoms with van der Waals surface area (Å²) in [5.74, 6) is -0.496. The second-order valence-electron chi connectivity index (χ2n) is 5.23. The van der Waals surface area contributed by atoms with Gasteiger partial charge in [0.05, 0.1) is 12.6 Å². The van der Waals surface area contributed by atoms with Gasteiger partial charge in [0.2, 0.25) is 5.91 Å². The first-order chi connectivity index (χ1) is 10.1. The van der Waals surface area contributed by atoms with Gasteiger partial charge >= 0.3 is 6.03 Å². The van der Waals surface area contributed by atoms with E-state index in [9.17, 15) is 14.0 Å². The number of amides is 3. The highest BCUT2D eigenvalue weighted by Gasteiger charge is 2.26. The molecule has 0 bridgehead atoms. The molecule has 1 aromatic rings. The topological polar surface area (TPSA) is 75.4 Å². The molecule has 3 amide bonds. The van der Waals surface area contributed by atoms with Gasteiger partial charge in [-0.1, -0.05) is 25.0 Å². The van der Waals surface area contributed by atoms with Crippen LogP contribution in [0.15, 0.2) is 24.3 Å². The average Bonchev–Trinajstić information content (AvgIpc) is 2.70. The lowest BCUT2D eigenvalue weighted by Crippen LogP contribution is -2.43. The quantitative estimate of drug-likeness (QED) is 0.893. The van der Waals surface area contributed by atoms with Crippen molar-refractivity contribution in [1.82, 2.24) is 10.2 Å². The van der Waals surface area contributed by atoms with Crippen LogP contribution in [0.4, 0.5) is 9.18 Å². The van der Waals surface area contributed by atoms with Crippen molar-refractivity contribution in [2.45, 2.75) is 31.7 Å². The summed E-state index contributed by atoms with van der Waals surface area (Å²) in [5, 5.41) is 2.32. The van der Waals surface area contributed by atoms with Crippen molar-refractivity contribution in [2.24, 2.45) is 5.73 Å². The molecule has 0 aromatic heterocycles. The number of primary amides is 1. The van der Waals surface area contributed by atoms with Gasteiger partial charge in [-0.3, -0.25) is 4.79 Å². The monoisotopic (exact) mass is 293 g/mol. The van der Waals surface area contributed by atoms with E-state index in [1.165, 1.54) is 12.1 Å². The van der Waals surface area contributed by atoms with Crippen molar-refractivity contribution in [2.75, 3.05) is 13.1 Å². The van der Waals surface area contributed by atoms with Crippen molar-refractivity contribution in [3.05, 3.63) is 35.6 Å². The van der Waals surface area contributed by atoms with Gasteiger partial charge in [0.1, 0.15) is 5.82 Å². The number of urea groups is 1. The summed E-state index contributed by atoms with van der Waals surface area (Å²) in [5.41, 5.74) is 5.79. The molecule has 1 aliphatic heterocycles. The first kappa shape index (κ1) is 15.3. The van der Waals surface area contributed by atoms with E-state index in [1.54, 1.807) is 11.0 Å². The zero-order valence-corrected chi connectivity index (χ0v) is 11.8. The third-order valence-corrected chi connectivity index (χ3v) is 3.72. The highest BCUT2D eigenvalue weighted by atomic mass is 19.1. The second-order valence-corrected chi connectivity index (χ2v) is 5.23. The Kier molecular flexibility index (Phi) is 5.14. The minimum Gasteiger partial charge on any atom is -0.352 e. The van der Waals surface area contributed by atoms with E-state index >= 15 is 0 Å². The number of carbonyl (C=O) groups excluding carboxylic acids is 2. The van der Waals surface area contributed by atoms with Gasteiger partial charge in [0, 0.05) is 6.54 Å². The molecule has 1 aliphatic rings. The minimum atomic E-state index is -0.722. The lowest BCUT2D eigenvalue weighted by molar-refractivity contribution is -0.132. The van der Waals surface area contributed by atoms with Crippen LogP contribution in [0.3, 0.4) is 0 Å². The number of nitrogens with two attached hydrogens (primary N) is 1. The fourth-order valence-electron chi connectivity index (χ4n) is 2.73. The fourth-order valence-corrected chi connectivity index (χ4v) is 2.73. The third-order valence-electron chi connectivity index (χ3n) is 3.72. The highest BCUT2D eigenvalue weighted by Crippen LogP contribution is 2.30. The van der Waals surface area contributed by atoms with E-state index < -0.39 is 6.03 Å². The largest absolute Gasteiger partial charge is 0.352 e. The van der Waals surface area contributed by atoms with E-state index in [1.807, 2.05) is 6.07 Å². The molecule has 0 spiro atoms. The minimum absolute atomic E-state index is 0.124. The predicted octanol–water partition coefficient (Wildman–Crippen LogP) is 1.94. The molecule has 21 heavy (non-hydrogen) atoms. The predicted molar refractivity (Wildman–Crippen MR) is 76.9 cm³/mol. The van der Waals surface area contributed by atoms with Crippen LogP contribution in [0.5, 0.6) is 0 Å². The number of hydrogen-bond acceptors (Lipinski definition) is 2. The first-order valence-electron chi connectivity index (χ1n) is 7.16. The van der Waals surface area contributed by atoms with Crippen molar-refractivity contribution in [3.63, 3.8) is 0 Å². The highest BCUT2D eigenvalue weighted by molar-refractivity contribution is 5.83. The molecule has 5 nitrogen and oxygen atoms in total. The maximum Gasteiger partial charge on any atom is 0.312 e. The van der Waals surface area contributed by atoms with Crippen LogP contribution < -0.4 is 11.1 Å². The van der Waals surface area contributed by atoms with Gasteiger partial charge in [0.15, 0.2) is 0 Å². The van der Waals surface area contributed by atoms with E-state index in [0.29, 0.717) is 6.54 Å². The van der Waals surface area contributed by atoms with Crippen molar-refractivity contribution in [3.8, 4) is 0 Å². The Morgan fingerprint density at radius 3 is 2.86 bits per heavy atom. The summed E-state index contributed by atoms with van der Waals surface area (Å²) >= 11 is 0. The maximum atomic E-state index is 13.4. The molecule has 0 unspecified atom stereocenters. The van der Waals surface area contributed by atoms with Crippen molar-refractivity contribution >= 4 is 11.9 Å². The van der Waals surface area contributed by atoms with E-state index in [2.05, 4.69) is 5.32 Å². The normalized spacial score (nSPS) is 18.9. The summed E-state index contributed by atoms with van der Waals surface area (Å²) in [6.07, 6.45) is 3.74. The molecule has 0 radical (unpaired) electrons. The molecule has 0 aliphatic carbocycles. The Hall–Kier alpha value is -2.11. The zero-order chi connectivity index (χ0) is 15.2. The van der Waals surface area contributed by atoms with Gasteiger partial charge in [-0.2, -0.15) is 0 Å². The fraction of sp³-hybridized carbons (Fsp3) is 0.467. The van der Waals surface area contributed by atoms with Crippen molar-refractivity contribution < 1.29 is 14.0 Å². The SMILES string of the molecule is NC(=O)NCC(=O)N1CCCCC[C@H]1c1cccc(F)c1. The van der Waals surface area contributed by atoms with E-state index in [4.69, 9.17) is 5.73 Å². The zero-order valence-electron chi connectivity index (χ0n) is 11.8. The Balaban J connectivity index is 2.17. The van der Waals surface area contributed by atoms with Crippen LogP contribution in [-0.4, -0.2) is 29.9 Å². The van der Waals surface area contributed by atoms with Crippen molar-refractivity contribution in [1.29, 1.82) is 0 Å². The Morgan fingerprint density at radius 1 is 1.33 bits per heavy atom. The molecule has 6 heteroatoms. The molecule has 1 fully saturated rings. The number of nitrogens with zero attached hydrogens (tertiary/aromatic N) is 1. The molecule has 1 heterocycles. The number of nitrogens with one attached hydrogen (secondary N) is 1. The molecule has 1 aromatic carbocycles. The first-order valence-corrected chi connectivity index (χ1v) is 7.16. The molecule has 2 rings (SSSR count). The van der Waals surface area contributed by atoms with Gasteiger partial charge in [0.25, 0.3) is 0 Å². The Bertz CT molecular complexity index is 521. The second kappa shape index (κ2) is 7.06. The number of carbonyl (C=O) groups is 2. The van der Waals surface area contributed by atoms with Gasteiger partial charge in [-0.05, 0) is 30.5 Å². The number of likely N-dealkylation sites (tertiary alicyclic amines) is 1. The smallest absolute Gasteiger partial charge is 0.312 e. The molecular formula is C15H20FN3O2. The van der Waals surface area contributed by atoms with E-state index in [0.717, 1.165) is 31.2 Å². The summed E-state index contributed by atoms with van der Waals surface area (Å²) in [7, 11) is 0. The van der Waals surface area contributed by atoms with Crippen LogP contribution >= 0.6 is 0 Å². The van der Waals surface area contributed by atoms with Crippen LogP contribution in [0, 0.1) is 5.82 Å². The molecule has 1 atom stereocenters. The van der Waals surface area contributed by atoms with Crippen LogP contribution in [-0.2, 0) is 4.79 Å². The molecule has 0 saturated carbocycles. The summed E-state index contributed by atoms with van der Waals surface area (Å²) in [4.78, 5) is 24.7. The lowest BCUT2D eigenvalue weighted by Gasteiger charge is -2.30. The molecule has 1 saturated heterocycles. The van der Waals surface area contributed by atoms with Gasteiger partial charge in [-0.25, -0.2) is 9.18 Å². The number of benzene rings is 1. The number of hydrogen-bond donors (Lipinski definition) is 2. The number of rotatable bonds is 3. The summed E-state index contributed by atoms with van der Waals surface area (Å²) < 4.78 is 13.4. The van der Waals surface area contributed by atoms with Gasteiger partial charge in [-0.15, -0.1) is 0 Å². The van der Waals surface area contributed by atoms with E-state index in [-0.39, 0.29) is 24.3 Å². The standard InChI is InChI=1S/C15H20FN3O2/c16-12-6-4-5-11(9-12)13-7-2-1-3-8-19(13)14(20)10-18-15(17)21/h4-6,9,13H,1-3,7-8,10H2,(H3,17,18,21)/t13-/m0/s1. The Labute approximate surface area is 123 Å². The van der Waals surface area contributed by atoms with Crippen LogP contribution in [0.2, 0.25) is 0 Å². The van der Waals surface area contributed by atoms with Gasteiger partial charge < -0.3 is 16.0 Å². The molecule has 114 valence electrons. The van der Waals surface area contributed by atoms with Crippen LogP contribution in [0.1, 0.15) is 37.3 Å². The maximum absolute atomic E-state index is 13.4.